The SMILES string of the molecule is Cc1ccc2cccc(Oc3ncnc(Oc4cc(C)c(Cl)c(C)c4)c3[N+](=O)[O-])c2n1. The standard InChI is InChI=1S/C22H17ClN4O4/c1-12-9-16(10-13(2)18(12)23)30-21-20(27(28)29)22(25-11-24-21)31-17-6-4-5-15-8-7-14(3)26-19(15)17/h4-11H,1-3H3. The molecule has 8 nitrogen and oxygen atoms in total. The fourth-order valence-corrected chi connectivity index (χ4v) is 3.24. The highest BCUT2D eigenvalue weighted by atomic mass is 35.5. The van der Waals surface area contributed by atoms with E-state index in [1.54, 1.807) is 24.3 Å². The minimum Gasteiger partial charge on any atom is -0.433 e. The van der Waals surface area contributed by atoms with Crippen LogP contribution in [-0.4, -0.2) is 19.9 Å². The van der Waals surface area contributed by atoms with Crippen molar-refractivity contribution in [3.63, 3.8) is 0 Å². The highest BCUT2D eigenvalue weighted by Gasteiger charge is 2.28. The molecule has 0 N–H and O–H groups in total. The number of para-hydroxylation sites is 1. The van der Waals surface area contributed by atoms with Crippen LogP contribution in [-0.2, 0) is 0 Å². The molecule has 0 aliphatic carbocycles. The van der Waals surface area contributed by atoms with Crippen LogP contribution in [0.5, 0.6) is 23.3 Å². The van der Waals surface area contributed by atoms with Gasteiger partial charge in [0, 0.05) is 16.1 Å². The first-order chi connectivity index (χ1) is 14.8. The van der Waals surface area contributed by atoms with Crippen molar-refractivity contribution in [3.8, 4) is 23.3 Å². The van der Waals surface area contributed by atoms with Crippen molar-refractivity contribution >= 4 is 28.2 Å². The van der Waals surface area contributed by atoms with E-state index in [4.69, 9.17) is 21.1 Å². The first-order valence-electron chi connectivity index (χ1n) is 9.31. The first kappa shape index (κ1) is 20.5. The molecule has 0 spiro atoms. The number of aromatic nitrogens is 3. The van der Waals surface area contributed by atoms with Crippen molar-refractivity contribution in [1.29, 1.82) is 0 Å². The molecule has 4 rings (SSSR count). The van der Waals surface area contributed by atoms with E-state index in [9.17, 15) is 10.1 Å². The Morgan fingerprint density at radius 2 is 1.65 bits per heavy atom. The number of halogens is 1. The van der Waals surface area contributed by atoms with Crippen molar-refractivity contribution in [2.24, 2.45) is 0 Å². The molecule has 0 unspecified atom stereocenters. The van der Waals surface area contributed by atoms with Crippen LogP contribution < -0.4 is 9.47 Å². The van der Waals surface area contributed by atoms with Gasteiger partial charge in [0.15, 0.2) is 5.75 Å². The van der Waals surface area contributed by atoms with Crippen LogP contribution in [0.2, 0.25) is 5.02 Å². The molecule has 0 saturated heterocycles. The van der Waals surface area contributed by atoms with Gasteiger partial charge in [-0.15, -0.1) is 0 Å². The lowest BCUT2D eigenvalue weighted by Crippen LogP contribution is -2.02. The molecule has 0 saturated carbocycles. The fourth-order valence-electron chi connectivity index (χ4n) is 3.13. The van der Waals surface area contributed by atoms with Crippen LogP contribution in [0.4, 0.5) is 5.69 Å². The van der Waals surface area contributed by atoms with Gasteiger partial charge in [-0.1, -0.05) is 29.8 Å². The number of rotatable bonds is 5. The molecule has 9 heteroatoms. The molecule has 0 aliphatic rings. The van der Waals surface area contributed by atoms with Crippen LogP contribution >= 0.6 is 11.6 Å². The van der Waals surface area contributed by atoms with Crippen LogP contribution in [0.3, 0.4) is 0 Å². The van der Waals surface area contributed by atoms with E-state index in [2.05, 4.69) is 15.0 Å². The van der Waals surface area contributed by atoms with Gasteiger partial charge in [-0.05, 0) is 56.2 Å². The van der Waals surface area contributed by atoms with Crippen molar-refractivity contribution in [2.45, 2.75) is 20.8 Å². The topological polar surface area (TPSA) is 100 Å². The summed E-state index contributed by atoms with van der Waals surface area (Å²) in [6.45, 7) is 5.49. The zero-order valence-corrected chi connectivity index (χ0v) is 17.7. The number of aryl methyl sites for hydroxylation is 3. The fraction of sp³-hybridized carbons (Fsp3) is 0.136. The summed E-state index contributed by atoms with van der Waals surface area (Å²) in [5.41, 5.74) is 2.43. The van der Waals surface area contributed by atoms with Gasteiger partial charge < -0.3 is 9.47 Å². The Kier molecular flexibility index (Phi) is 5.39. The maximum absolute atomic E-state index is 11.9. The summed E-state index contributed by atoms with van der Waals surface area (Å²) in [6.07, 6.45) is 1.15. The lowest BCUT2D eigenvalue weighted by molar-refractivity contribution is -0.387. The summed E-state index contributed by atoms with van der Waals surface area (Å²) < 4.78 is 11.6. The molecule has 2 aromatic heterocycles. The number of hydrogen-bond donors (Lipinski definition) is 0. The average Bonchev–Trinajstić information content (AvgIpc) is 2.72. The second kappa shape index (κ2) is 8.16. The number of pyridine rings is 1. The largest absolute Gasteiger partial charge is 0.433 e. The Bertz CT molecular complexity index is 1300. The van der Waals surface area contributed by atoms with Crippen molar-refractivity contribution in [1.82, 2.24) is 15.0 Å². The molecule has 0 aliphatic heterocycles. The number of ether oxygens (including phenoxy) is 2. The van der Waals surface area contributed by atoms with E-state index in [0.717, 1.165) is 28.5 Å². The van der Waals surface area contributed by atoms with E-state index in [1.807, 2.05) is 39.0 Å². The minimum absolute atomic E-state index is 0.236. The lowest BCUT2D eigenvalue weighted by atomic mass is 10.1. The minimum atomic E-state index is -0.635. The third-order valence-electron chi connectivity index (χ3n) is 4.59. The summed E-state index contributed by atoms with van der Waals surface area (Å²) in [6, 6.07) is 12.5. The molecule has 2 heterocycles. The number of nitro groups is 1. The van der Waals surface area contributed by atoms with E-state index < -0.39 is 10.6 Å². The predicted molar refractivity (Wildman–Crippen MR) is 116 cm³/mol. The molecule has 0 bridgehead atoms. The number of hydrogen-bond acceptors (Lipinski definition) is 7. The molecule has 4 aromatic rings. The summed E-state index contributed by atoms with van der Waals surface area (Å²) >= 11 is 6.19. The normalized spacial score (nSPS) is 10.8. The summed E-state index contributed by atoms with van der Waals surface area (Å²) in [7, 11) is 0. The van der Waals surface area contributed by atoms with Gasteiger partial charge in [0.05, 0.1) is 4.92 Å². The maximum atomic E-state index is 11.9. The molecular formula is C22H17ClN4O4. The first-order valence-corrected chi connectivity index (χ1v) is 9.69. The van der Waals surface area contributed by atoms with Crippen molar-refractivity contribution < 1.29 is 14.4 Å². The van der Waals surface area contributed by atoms with Gasteiger partial charge >= 0.3 is 17.4 Å². The predicted octanol–water partition coefficient (Wildman–Crippen LogP) is 6.10. The van der Waals surface area contributed by atoms with Crippen molar-refractivity contribution in [2.75, 3.05) is 0 Å². The Morgan fingerprint density at radius 3 is 2.32 bits per heavy atom. The average molecular weight is 437 g/mol. The second-order valence-electron chi connectivity index (χ2n) is 6.95. The Hall–Kier alpha value is -3.78. The molecule has 156 valence electrons. The van der Waals surface area contributed by atoms with E-state index in [0.29, 0.717) is 22.0 Å². The number of benzene rings is 2. The lowest BCUT2D eigenvalue weighted by Gasteiger charge is -2.11. The summed E-state index contributed by atoms with van der Waals surface area (Å²) in [4.78, 5) is 23.6. The van der Waals surface area contributed by atoms with Crippen molar-refractivity contribution in [3.05, 3.63) is 80.7 Å². The van der Waals surface area contributed by atoms with Crippen LogP contribution in [0.25, 0.3) is 10.9 Å². The van der Waals surface area contributed by atoms with Crippen LogP contribution in [0.15, 0.2) is 48.8 Å². The Balaban J connectivity index is 1.77. The van der Waals surface area contributed by atoms with E-state index in [-0.39, 0.29) is 11.8 Å². The molecule has 31 heavy (non-hydrogen) atoms. The molecule has 0 fully saturated rings. The molecule has 2 aromatic carbocycles. The van der Waals surface area contributed by atoms with Gasteiger partial charge in [0.25, 0.3) is 0 Å². The third kappa shape index (κ3) is 4.10. The van der Waals surface area contributed by atoms with Crippen LogP contribution in [0.1, 0.15) is 16.8 Å². The van der Waals surface area contributed by atoms with Crippen LogP contribution in [0, 0.1) is 30.9 Å². The van der Waals surface area contributed by atoms with Gasteiger partial charge in [-0.2, -0.15) is 9.97 Å². The maximum Gasteiger partial charge on any atom is 0.393 e. The molecule has 0 radical (unpaired) electrons. The van der Waals surface area contributed by atoms with Gasteiger partial charge in [0.1, 0.15) is 17.6 Å². The van der Waals surface area contributed by atoms with Gasteiger partial charge in [0.2, 0.25) is 0 Å². The molecular weight excluding hydrogens is 420 g/mol. The van der Waals surface area contributed by atoms with E-state index >= 15 is 0 Å². The summed E-state index contributed by atoms with van der Waals surface area (Å²) in [5.74, 6) is 0.232. The van der Waals surface area contributed by atoms with Gasteiger partial charge in [-0.3, -0.25) is 10.1 Å². The number of nitrogens with zero attached hydrogens (tertiary/aromatic N) is 4. The Labute approximate surface area is 182 Å². The Morgan fingerprint density at radius 1 is 0.968 bits per heavy atom. The zero-order chi connectivity index (χ0) is 22.1. The monoisotopic (exact) mass is 436 g/mol. The third-order valence-corrected chi connectivity index (χ3v) is 5.19. The second-order valence-corrected chi connectivity index (χ2v) is 7.32. The van der Waals surface area contributed by atoms with Gasteiger partial charge in [-0.25, -0.2) is 4.98 Å². The van der Waals surface area contributed by atoms with E-state index in [1.165, 1.54) is 0 Å². The highest BCUT2D eigenvalue weighted by molar-refractivity contribution is 6.32. The molecule has 0 amide bonds. The smallest absolute Gasteiger partial charge is 0.393 e. The zero-order valence-electron chi connectivity index (χ0n) is 16.9. The summed E-state index contributed by atoms with van der Waals surface area (Å²) in [5, 5.41) is 13.3. The highest BCUT2D eigenvalue weighted by Crippen LogP contribution is 2.39. The quantitative estimate of drug-likeness (QED) is 0.275. The number of fused-ring (bicyclic) bond motifs is 1. The molecule has 0 atom stereocenters.